The molecule has 0 spiro atoms. The molecule has 0 aromatic heterocycles. The van der Waals surface area contributed by atoms with Crippen molar-refractivity contribution in [2.75, 3.05) is 5.32 Å². The summed E-state index contributed by atoms with van der Waals surface area (Å²) in [6.45, 7) is 2.02. The van der Waals surface area contributed by atoms with Gasteiger partial charge in [-0.3, -0.25) is 0 Å². The topological polar surface area (TPSA) is 35.8 Å². The first-order valence-electron chi connectivity index (χ1n) is 5.23. The molecule has 3 heteroatoms. The third-order valence-corrected chi connectivity index (χ3v) is 2.74. The lowest BCUT2D eigenvalue weighted by molar-refractivity contribution is 1.43. The Labute approximate surface area is 105 Å². The van der Waals surface area contributed by atoms with E-state index < -0.39 is 0 Å². The molecular formula is C14H11ClN2. The van der Waals surface area contributed by atoms with Gasteiger partial charge in [0, 0.05) is 5.69 Å². The summed E-state index contributed by atoms with van der Waals surface area (Å²) in [6, 6.07) is 15.4. The predicted molar refractivity (Wildman–Crippen MR) is 70.6 cm³/mol. The maximum Gasteiger partial charge on any atom is 0.103 e. The zero-order chi connectivity index (χ0) is 12.3. The van der Waals surface area contributed by atoms with Crippen LogP contribution in [0.15, 0.2) is 42.5 Å². The van der Waals surface area contributed by atoms with E-state index in [9.17, 15) is 0 Å². The molecule has 17 heavy (non-hydrogen) atoms. The van der Waals surface area contributed by atoms with Crippen LogP contribution in [0.1, 0.15) is 11.1 Å². The van der Waals surface area contributed by atoms with E-state index in [1.165, 1.54) is 0 Å². The van der Waals surface area contributed by atoms with Crippen molar-refractivity contribution in [1.29, 1.82) is 5.26 Å². The smallest absolute Gasteiger partial charge is 0.103 e. The monoisotopic (exact) mass is 242 g/mol. The van der Waals surface area contributed by atoms with Gasteiger partial charge in [-0.1, -0.05) is 29.8 Å². The number of nitriles is 1. The summed E-state index contributed by atoms with van der Waals surface area (Å²) < 4.78 is 0. The molecule has 2 aromatic carbocycles. The summed E-state index contributed by atoms with van der Waals surface area (Å²) in [7, 11) is 0. The van der Waals surface area contributed by atoms with E-state index >= 15 is 0 Å². The molecular weight excluding hydrogens is 232 g/mol. The Kier molecular flexibility index (Phi) is 3.32. The molecule has 0 unspecified atom stereocenters. The summed E-state index contributed by atoms with van der Waals surface area (Å²) in [6.07, 6.45) is 0. The third kappa shape index (κ3) is 2.58. The molecule has 84 valence electrons. The van der Waals surface area contributed by atoms with Crippen LogP contribution in [0, 0.1) is 18.3 Å². The Bertz CT molecular complexity index is 585. The largest absolute Gasteiger partial charge is 0.354 e. The molecule has 2 rings (SSSR count). The van der Waals surface area contributed by atoms with Crippen LogP contribution in [0.3, 0.4) is 0 Å². The zero-order valence-electron chi connectivity index (χ0n) is 9.37. The lowest BCUT2D eigenvalue weighted by Gasteiger charge is -2.09. The number of rotatable bonds is 2. The first-order valence-corrected chi connectivity index (χ1v) is 5.61. The maximum absolute atomic E-state index is 9.06. The minimum absolute atomic E-state index is 0.463. The molecule has 2 nitrogen and oxygen atoms in total. The van der Waals surface area contributed by atoms with Crippen molar-refractivity contribution in [3.63, 3.8) is 0 Å². The fraction of sp³-hybridized carbons (Fsp3) is 0.0714. The van der Waals surface area contributed by atoms with Gasteiger partial charge in [0.2, 0.25) is 0 Å². The minimum Gasteiger partial charge on any atom is -0.354 e. The van der Waals surface area contributed by atoms with Crippen LogP contribution in [0.2, 0.25) is 5.02 Å². The highest BCUT2D eigenvalue weighted by atomic mass is 35.5. The highest BCUT2D eigenvalue weighted by Crippen LogP contribution is 2.26. The third-order valence-electron chi connectivity index (χ3n) is 2.42. The van der Waals surface area contributed by atoms with Gasteiger partial charge in [-0.15, -0.1) is 0 Å². The fourth-order valence-electron chi connectivity index (χ4n) is 1.62. The highest BCUT2D eigenvalue weighted by Gasteiger charge is 2.06. The second-order valence-corrected chi connectivity index (χ2v) is 4.18. The van der Waals surface area contributed by atoms with E-state index in [-0.39, 0.29) is 0 Å². The Morgan fingerprint density at radius 1 is 1.18 bits per heavy atom. The summed E-state index contributed by atoms with van der Waals surface area (Å²) in [5.41, 5.74) is 3.31. The molecule has 0 radical (unpaired) electrons. The SMILES string of the molecule is Cc1cccc(Nc2cccc(Cl)c2C#N)c1. The molecule has 1 N–H and O–H groups in total. The van der Waals surface area contributed by atoms with Crippen molar-refractivity contribution >= 4 is 23.0 Å². The van der Waals surface area contributed by atoms with Crippen LogP contribution in [0.4, 0.5) is 11.4 Å². The van der Waals surface area contributed by atoms with Gasteiger partial charge in [-0.2, -0.15) is 5.26 Å². The van der Waals surface area contributed by atoms with Gasteiger partial charge in [0.15, 0.2) is 0 Å². The molecule has 2 aromatic rings. The van der Waals surface area contributed by atoms with Crippen LogP contribution in [-0.2, 0) is 0 Å². The maximum atomic E-state index is 9.06. The summed E-state index contributed by atoms with van der Waals surface area (Å²) in [5, 5.41) is 12.7. The van der Waals surface area contributed by atoms with Gasteiger partial charge >= 0.3 is 0 Å². The van der Waals surface area contributed by atoms with Gasteiger partial charge in [-0.25, -0.2) is 0 Å². The standard InChI is InChI=1S/C14H11ClN2/c1-10-4-2-5-11(8-10)17-14-7-3-6-13(15)12(14)9-16/h2-8,17H,1H3. The van der Waals surface area contributed by atoms with E-state index in [2.05, 4.69) is 11.4 Å². The molecule has 0 aliphatic carbocycles. The molecule has 0 atom stereocenters. The number of halogens is 1. The molecule has 0 fully saturated rings. The van der Waals surface area contributed by atoms with E-state index in [1.54, 1.807) is 6.07 Å². The van der Waals surface area contributed by atoms with Crippen molar-refractivity contribution < 1.29 is 0 Å². The fourth-order valence-corrected chi connectivity index (χ4v) is 1.84. The number of benzene rings is 2. The number of aryl methyl sites for hydroxylation is 1. The van der Waals surface area contributed by atoms with E-state index in [0.717, 1.165) is 16.9 Å². The van der Waals surface area contributed by atoms with Crippen LogP contribution in [0.5, 0.6) is 0 Å². The van der Waals surface area contributed by atoms with Gasteiger partial charge in [0.05, 0.1) is 16.3 Å². The lowest BCUT2D eigenvalue weighted by atomic mass is 10.1. The molecule has 0 heterocycles. The second-order valence-electron chi connectivity index (χ2n) is 3.77. The summed E-state index contributed by atoms with van der Waals surface area (Å²) in [4.78, 5) is 0. The Morgan fingerprint density at radius 2 is 1.94 bits per heavy atom. The predicted octanol–water partition coefficient (Wildman–Crippen LogP) is 4.26. The van der Waals surface area contributed by atoms with Crippen molar-refractivity contribution in [2.45, 2.75) is 6.92 Å². The normalized spacial score (nSPS) is 9.71. The molecule has 0 amide bonds. The zero-order valence-corrected chi connectivity index (χ0v) is 10.1. The van der Waals surface area contributed by atoms with Crippen molar-refractivity contribution in [3.05, 3.63) is 58.6 Å². The lowest BCUT2D eigenvalue weighted by Crippen LogP contribution is -1.94. The van der Waals surface area contributed by atoms with Crippen molar-refractivity contribution in [3.8, 4) is 6.07 Å². The Balaban J connectivity index is 2.37. The number of hydrogen-bond acceptors (Lipinski definition) is 2. The highest BCUT2D eigenvalue weighted by molar-refractivity contribution is 6.32. The molecule has 0 aliphatic rings. The Hall–Kier alpha value is -1.98. The van der Waals surface area contributed by atoms with Crippen molar-refractivity contribution in [1.82, 2.24) is 0 Å². The van der Waals surface area contributed by atoms with Gasteiger partial charge in [-0.05, 0) is 36.8 Å². The minimum atomic E-state index is 0.463. The summed E-state index contributed by atoms with van der Waals surface area (Å²) in [5.74, 6) is 0. The first-order chi connectivity index (χ1) is 8.20. The van der Waals surface area contributed by atoms with Crippen LogP contribution in [0.25, 0.3) is 0 Å². The van der Waals surface area contributed by atoms with E-state index in [1.807, 2.05) is 43.3 Å². The van der Waals surface area contributed by atoms with E-state index in [4.69, 9.17) is 16.9 Å². The number of hydrogen-bond donors (Lipinski definition) is 1. The van der Waals surface area contributed by atoms with Crippen LogP contribution in [-0.4, -0.2) is 0 Å². The van der Waals surface area contributed by atoms with Gasteiger partial charge in [0.1, 0.15) is 6.07 Å². The van der Waals surface area contributed by atoms with Crippen molar-refractivity contribution in [2.24, 2.45) is 0 Å². The molecule has 0 saturated heterocycles. The molecule has 0 saturated carbocycles. The number of nitrogens with zero attached hydrogens (tertiary/aromatic N) is 1. The van der Waals surface area contributed by atoms with E-state index in [0.29, 0.717) is 10.6 Å². The first kappa shape index (κ1) is 11.5. The summed E-state index contributed by atoms with van der Waals surface area (Å²) >= 11 is 5.96. The molecule has 0 aliphatic heterocycles. The number of nitrogens with one attached hydrogen (secondary N) is 1. The van der Waals surface area contributed by atoms with Gasteiger partial charge in [0.25, 0.3) is 0 Å². The second kappa shape index (κ2) is 4.90. The van der Waals surface area contributed by atoms with Crippen LogP contribution < -0.4 is 5.32 Å². The number of anilines is 2. The quantitative estimate of drug-likeness (QED) is 0.854. The Morgan fingerprint density at radius 3 is 2.65 bits per heavy atom. The average Bonchev–Trinajstić information content (AvgIpc) is 2.29. The average molecular weight is 243 g/mol. The van der Waals surface area contributed by atoms with Crippen LogP contribution >= 0.6 is 11.6 Å². The van der Waals surface area contributed by atoms with Gasteiger partial charge < -0.3 is 5.32 Å². The molecule has 0 bridgehead atoms.